The van der Waals surface area contributed by atoms with Crippen LogP contribution in [0.15, 0.2) is 41.0 Å². The van der Waals surface area contributed by atoms with Crippen molar-refractivity contribution < 1.29 is 13.9 Å². The molecule has 5 heteroatoms. The second-order valence-corrected chi connectivity index (χ2v) is 3.46. The number of nitrogens with one attached hydrogen (secondary N) is 1. The number of methoxy groups -OCH3 is 1. The summed E-state index contributed by atoms with van der Waals surface area (Å²) in [6.07, 6.45) is 1.54. The zero-order valence-corrected chi connectivity index (χ0v) is 9.14. The van der Waals surface area contributed by atoms with E-state index >= 15 is 0 Å². The van der Waals surface area contributed by atoms with Gasteiger partial charge in [-0.3, -0.25) is 0 Å². The van der Waals surface area contributed by atoms with Crippen molar-refractivity contribution in [1.82, 2.24) is 9.97 Å². The van der Waals surface area contributed by atoms with Gasteiger partial charge in [0.1, 0.15) is 5.75 Å². The predicted molar refractivity (Wildman–Crippen MR) is 61.4 cm³/mol. The van der Waals surface area contributed by atoms with Gasteiger partial charge in [-0.2, -0.15) is 4.98 Å². The molecule has 86 valence electrons. The standard InChI is InChI=1S/C12H10N2O3/c1-15-8-4-5-9-10(7-8)14-12(13-9)17-11-3-2-6-16-11/h2-7H,1H3,(H,13,14). The van der Waals surface area contributed by atoms with Crippen molar-refractivity contribution in [1.29, 1.82) is 0 Å². The Labute approximate surface area is 97.0 Å². The number of ether oxygens (including phenoxy) is 2. The highest BCUT2D eigenvalue weighted by Gasteiger charge is 2.06. The molecule has 0 aliphatic heterocycles. The average molecular weight is 230 g/mol. The molecular formula is C12H10N2O3. The van der Waals surface area contributed by atoms with E-state index in [2.05, 4.69) is 9.97 Å². The third-order valence-corrected chi connectivity index (χ3v) is 2.36. The zero-order chi connectivity index (χ0) is 11.7. The first-order chi connectivity index (χ1) is 8.35. The normalized spacial score (nSPS) is 10.6. The summed E-state index contributed by atoms with van der Waals surface area (Å²) in [7, 11) is 1.62. The minimum atomic E-state index is 0.392. The maximum atomic E-state index is 5.40. The van der Waals surface area contributed by atoms with Crippen molar-refractivity contribution in [2.24, 2.45) is 0 Å². The Bertz CT molecular complexity index is 628. The highest BCUT2D eigenvalue weighted by atomic mass is 16.6. The number of aromatic nitrogens is 2. The SMILES string of the molecule is COc1ccc2nc(Oc3ccco3)[nH]c2c1. The molecule has 5 nitrogen and oxygen atoms in total. The van der Waals surface area contributed by atoms with Crippen LogP contribution in [0.4, 0.5) is 0 Å². The molecule has 0 unspecified atom stereocenters. The summed E-state index contributed by atoms with van der Waals surface area (Å²) in [4.78, 5) is 7.30. The van der Waals surface area contributed by atoms with Gasteiger partial charge >= 0.3 is 6.01 Å². The predicted octanol–water partition coefficient (Wildman–Crippen LogP) is 2.96. The molecule has 0 radical (unpaired) electrons. The fraction of sp³-hybridized carbons (Fsp3) is 0.0833. The van der Waals surface area contributed by atoms with Gasteiger partial charge < -0.3 is 18.9 Å². The van der Waals surface area contributed by atoms with E-state index in [1.165, 1.54) is 0 Å². The van der Waals surface area contributed by atoms with Crippen LogP contribution in [0.2, 0.25) is 0 Å². The molecule has 0 bridgehead atoms. The molecule has 0 saturated carbocycles. The van der Waals surface area contributed by atoms with E-state index in [0.717, 1.165) is 16.8 Å². The molecule has 0 aliphatic carbocycles. The first-order valence-electron chi connectivity index (χ1n) is 5.10. The van der Waals surface area contributed by atoms with E-state index in [9.17, 15) is 0 Å². The first kappa shape index (κ1) is 9.77. The Morgan fingerprint density at radius 2 is 2.24 bits per heavy atom. The third kappa shape index (κ3) is 1.82. The molecule has 2 heterocycles. The van der Waals surface area contributed by atoms with E-state index < -0.39 is 0 Å². The van der Waals surface area contributed by atoms with Crippen molar-refractivity contribution in [3.05, 3.63) is 36.6 Å². The van der Waals surface area contributed by atoms with Crippen molar-refractivity contribution >= 4 is 11.0 Å². The van der Waals surface area contributed by atoms with E-state index in [-0.39, 0.29) is 0 Å². The van der Waals surface area contributed by atoms with Crippen LogP contribution in [0.5, 0.6) is 17.7 Å². The molecule has 0 saturated heterocycles. The molecule has 3 rings (SSSR count). The van der Waals surface area contributed by atoms with E-state index in [0.29, 0.717) is 12.0 Å². The number of hydrogen-bond acceptors (Lipinski definition) is 4. The van der Waals surface area contributed by atoms with Crippen molar-refractivity contribution in [2.45, 2.75) is 0 Å². The quantitative estimate of drug-likeness (QED) is 0.751. The van der Waals surface area contributed by atoms with E-state index in [4.69, 9.17) is 13.9 Å². The Morgan fingerprint density at radius 3 is 3.00 bits per heavy atom. The summed E-state index contributed by atoms with van der Waals surface area (Å²) in [5, 5.41) is 0. The highest BCUT2D eigenvalue weighted by Crippen LogP contribution is 2.24. The molecule has 3 aromatic rings. The van der Waals surface area contributed by atoms with Crippen LogP contribution in [0.25, 0.3) is 11.0 Å². The summed E-state index contributed by atoms with van der Waals surface area (Å²) < 4.78 is 15.6. The smallest absolute Gasteiger partial charge is 0.302 e. The monoisotopic (exact) mass is 230 g/mol. The van der Waals surface area contributed by atoms with E-state index in [1.807, 2.05) is 18.2 Å². The zero-order valence-electron chi connectivity index (χ0n) is 9.14. The van der Waals surface area contributed by atoms with Crippen molar-refractivity contribution in [3.8, 4) is 17.7 Å². The lowest BCUT2D eigenvalue weighted by Crippen LogP contribution is -1.82. The maximum Gasteiger partial charge on any atom is 0.302 e. The molecule has 0 aliphatic rings. The number of imidazole rings is 1. The molecule has 0 spiro atoms. The largest absolute Gasteiger partial charge is 0.497 e. The summed E-state index contributed by atoms with van der Waals surface area (Å²) in [6, 6.07) is 9.43. The van der Waals surface area contributed by atoms with Crippen LogP contribution in [-0.4, -0.2) is 17.1 Å². The number of nitrogens with zero attached hydrogens (tertiary/aromatic N) is 1. The van der Waals surface area contributed by atoms with Crippen LogP contribution < -0.4 is 9.47 Å². The lowest BCUT2D eigenvalue weighted by Gasteiger charge is -1.96. The van der Waals surface area contributed by atoms with E-state index in [1.54, 1.807) is 25.5 Å². The Kier molecular flexibility index (Phi) is 2.22. The highest BCUT2D eigenvalue weighted by molar-refractivity contribution is 5.77. The molecule has 17 heavy (non-hydrogen) atoms. The van der Waals surface area contributed by atoms with Gasteiger partial charge in [0.25, 0.3) is 5.95 Å². The van der Waals surface area contributed by atoms with Crippen LogP contribution >= 0.6 is 0 Å². The van der Waals surface area contributed by atoms with Crippen molar-refractivity contribution in [2.75, 3.05) is 7.11 Å². The molecule has 0 amide bonds. The van der Waals surface area contributed by atoms with Gasteiger partial charge in [0.05, 0.1) is 24.4 Å². The van der Waals surface area contributed by atoms with Crippen LogP contribution in [0.1, 0.15) is 0 Å². The van der Waals surface area contributed by atoms with Crippen molar-refractivity contribution in [3.63, 3.8) is 0 Å². The average Bonchev–Trinajstić information content (AvgIpc) is 2.96. The van der Waals surface area contributed by atoms with Gasteiger partial charge in [-0.1, -0.05) is 0 Å². The maximum absolute atomic E-state index is 5.40. The fourth-order valence-corrected chi connectivity index (χ4v) is 1.56. The number of benzene rings is 1. The number of hydrogen-bond donors (Lipinski definition) is 1. The molecule has 0 fully saturated rings. The number of aromatic amines is 1. The van der Waals surface area contributed by atoms with Gasteiger partial charge in [-0.25, -0.2) is 0 Å². The van der Waals surface area contributed by atoms with Gasteiger partial charge in [0, 0.05) is 12.1 Å². The topological polar surface area (TPSA) is 60.3 Å². The summed E-state index contributed by atoms with van der Waals surface area (Å²) in [5.74, 6) is 1.17. The summed E-state index contributed by atoms with van der Waals surface area (Å²) in [5.41, 5.74) is 1.67. The summed E-state index contributed by atoms with van der Waals surface area (Å²) in [6.45, 7) is 0. The molecule has 1 aromatic carbocycles. The minimum absolute atomic E-state index is 0.392. The van der Waals surface area contributed by atoms with Crippen LogP contribution in [0.3, 0.4) is 0 Å². The number of rotatable bonds is 3. The lowest BCUT2D eigenvalue weighted by molar-refractivity contribution is 0.330. The Morgan fingerprint density at radius 1 is 1.29 bits per heavy atom. The van der Waals surface area contributed by atoms with Gasteiger partial charge in [-0.05, 0) is 18.2 Å². The molecule has 1 N–H and O–H groups in total. The van der Waals surface area contributed by atoms with Crippen LogP contribution in [0, 0.1) is 0 Å². The second kappa shape index (κ2) is 3.86. The molecular weight excluding hydrogens is 220 g/mol. The fourth-order valence-electron chi connectivity index (χ4n) is 1.56. The first-order valence-corrected chi connectivity index (χ1v) is 5.10. The van der Waals surface area contributed by atoms with Gasteiger partial charge in [0.2, 0.25) is 0 Å². The Balaban J connectivity index is 1.96. The Hall–Kier alpha value is -2.43. The second-order valence-electron chi connectivity index (χ2n) is 3.46. The van der Waals surface area contributed by atoms with Gasteiger partial charge in [0.15, 0.2) is 0 Å². The van der Waals surface area contributed by atoms with Crippen LogP contribution in [-0.2, 0) is 0 Å². The lowest BCUT2D eigenvalue weighted by atomic mass is 10.3. The number of H-pyrrole nitrogens is 1. The molecule has 2 aromatic heterocycles. The number of furan rings is 1. The summed E-state index contributed by atoms with van der Waals surface area (Å²) >= 11 is 0. The third-order valence-electron chi connectivity index (χ3n) is 2.36. The number of fused-ring (bicyclic) bond motifs is 1. The molecule has 0 atom stereocenters. The minimum Gasteiger partial charge on any atom is -0.497 e. The van der Waals surface area contributed by atoms with Gasteiger partial charge in [-0.15, -0.1) is 0 Å².